The van der Waals surface area contributed by atoms with Crippen molar-refractivity contribution in [3.8, 4) is 0 Å². The molecule has 1 heterocycles. The van der Waals surface area contributed by atoms with Crippen molar-refractivity contribution in [2.45, 2.75) is 6.18 Å². The van der Waals surface area contributed by atoms with E-state index in [0.29, 0.717) is 0 Å². The van der Waals surface area contributed by atoms with Crippen LogP contribution >= 0.6 is 0 Å². The average Bonchev–Trinajstić information content (AvgIpc) is 1.86. The molecule has 0 aliphatic carbocycles. The summed E-state index contributed by atoms with van der Waals surface area (Å²) in [5.41, 5.74) is 0. The van der Waals surface area contributed by atoms with Gasteiger partial charge in [0.25, 0.3) is 0 Å². The minimum absolute atomic E-state index is 0.364. The summed E-state index contributed by atoms with van der Waals surface area (Å²) < 4.78 is 35.2. The molecule has 60 valence electrons. The molecule has 7 heteroatoms. The van der Waals surface area contributed by atoms with Gasteiger partial charge in [-0.1, -0.05) is 5.32 Å². The van der Waals surface area contributed by atoms with Gasteiger partial charge in [0.15, 0.2) is 0 Å². The molecule has 11 heavy (non-hydrogen) atoms. The van der Waals surface area contributed by atoms with Crippen molar-refractivity contribution in [1.29, 1.82) is 0 Å². The minimum Gasteiger partial charge on any atom is -0.265 e. The second-order valence-corrected chi connectivity index (χ2v) is 1.73. The van der Waals surface area contributed by atoms with Crippen molar-refractivity contribution < 1.29 is 18.0 Å². The first-order chi connectivity index (χ1) is 5.00. The molecule has 0 atom stereocenters. The van der Waals surface area contributed by atoms with Crippen molar-refractivity contribution in [3.63, 3.8) is 0 Å². The van der Waals surface area contributed by atoms with Crippen LogP contribution < -0.4 is 15.6 Å². The molecular formula is C4H3F3N3O+. The average molecular weight is 166 g/mol. The highest BCUT2D eigenvalue weighted by Crippen LogP contribution is 2.14. The molecule has 4 nitrogen and oxygen atoms in total. The smallest absolute Gasteiger partial charge is 0.265 e. The van der Waals surface area contributed by atoms with Gasteiger partial charge in [0.2, 0.25) is 6.67 Å². The fourth-order valence-electron chi connectivity index (χ4n) is 0.516. The summed E-state index contributed by atoms with van der Waals surface area (Å²) in [6.45, 7) is -0.364. The van der Waals surface area contributed by atoms with Crippen LogP contribution in [-0.2, 0) is 0 Å². The van der Waals surface area contributed by atoms with E-state index >= 15 is 0 Å². The monoisotopic (exact) mass is 166 g/mol. The van der Waals surface area contributed by atoms with E-state index in [1.807, 2.05) is 5.32 Å². The number of urea groups is 1. The lowest BCUT2D eigenvalue weighted by Gasteiger charge is -2.06. The van der Waals surface area contributed by atoms with Gasteiger partial charge >= 0.3 is 18.0 Å². The fraction of sp³-hybridized carbons (Fsp3) is 0.500. The Bertz CT molecular complexity index is 209. The van der Waals surface area contributed by atoms with E-state index in [-0.39, 0.29) is 6.67 Å². The minimum atomic E-state index is -4.59. The van der Waals surface area contributed by atoms with Crippen molar-refractivity contribution >= 4 is 11.9 Å². The van der Waals surface area contributed by atoms with Crippen LogP contribution in [0.5, 0.6) is 0 Å². The molecule has 0 aromatic carbocycles. The summed E-state index contributed by atoms with van der Waals surface area (Å²) in [5.74, 6) is -1.28. The number of rotatable bonds is 0. The van der Waals surface area contributed by atoms with E-state index in [4.69, 9.17) is 0 Å². The maximum Gasteiger partial charge on any atom is 0.509 e. The zero-order valence-electron chi connectivity index (χ0n) is 5.14. The lowest BCUT2D eigenvalue weighted by molar-refractivity contribution is -0.0628. The molecular weight excluding hydrogens is 163 g/mol. The highest BCUT2D eigenvalue weighted by atomic mass is 19.4. The molecule has 0 bridgehead atoms. The van der Waals surface area contributed by atoms with Crippen molar-refractivity contribution in [3.05, 3.63) is 0 Å². The number of hydrogen-bond donors (Lipinski definition) is 1. The summed E-state index contributed by atoms with van der Waals surface area (Å²) in [7, 11) is 0. The van der Waals surface area contributed by atoms with Crippen LogP contribution in [0.15, 0.2) is 0 Å². The number of carbonyl (C=O) groups is 1. The number of hydrogen-bond acceptors (Lipinski definition) is 2. The number of carbonyl (C=O) groups excluding carboxylic acids is 1. The van der Waals surface area contributed by atoms with Gasteiger partial charge in [-0.15, -0.1) is 0 Å². The second kappa shape index (κ2) is 2.40. The van der Waals surface area contributed by atoms with Crippen LogP contribution in [-0.4, -0.2) is 24.7 Å². The largest absolute Gasteiger partial charge is 0.509 e. The Balaban J connectivity index is 2.79. The number of alkyl halides is 3. The van der Waals surface area contributed by atoms with Crippen molar-refractivity contribution in [1.82, 2.24) is 15.6 Å². The maximum absolute atomic E-state index is 11.7. The van der Waals surface area contributed by atoms with Crippen molar-refractivity contribution in [2.75, 3.05) is 6.67 Å². The van der Waals surface area contributed by atoms with Crippen LogP contribution in [0.4, 0.5) is 18.0 Å². The first-order valence-corrected chi connectivity index (χ1v) is 2.61. The van der Waals surface area contributed by atoms with Gasteiger partial charge in [0, 0.05) is 0 Å². The highest BCUT2D eigenvalue weighted by molar-refractivity contribution is 5.96. The number of aliphatic imine (C=N–C) groups is 1. The van der Waals surface area contributed by atoms with Gasteiger partial charge in [-0.3, -0.25) is 5.32 Å². The Morgan fingerprint density at radius 1 is 1.55 bits per heavy atom. The third-order valence-electron chi connectivity index (χ3n) is 0.937. The lowest BCUT2D eigenvalue weighted by atomic mass is 10.5. The van der Waals surface area contributed by atoms with Crippen LogP contribution in [0.25, 0.3) is 0 Å². The number of amidine groups is 1. The Morgan fingerprint density at radius 3 is 2.55 bits per heavy atom. The molecule has 0 fully saturated rings. The predicted octanol–water partition coefficient (Wildman–Crippen LogP) is -0.432. The standard InChI is InChI=1S/C4H3F3N3O/c5-4(6,7)2-8-1-9-3(11)10-2/h8H,1H2/q+1. The molecule has 0 saturated carbocycles. The van der Waals surface area contributed by atoms with E-state index in [1.54, 1.807) is 0 Å². The summed E-state index contributed by atoms with van der Waals surface area (Å²) >= 11 is 0. The topological polar surface area (TPSA) is 57.3 Å². The van der Waals surface area contributed by atoms with E-state index in [2.05, 4.69) is 10.3 Å². The van der Waals surface area contributed by atoms with E-state index < -0.39 is 18.0 Å². The number of nitrogens with zero attached hydrogens (tertiary/aromatic N) is 2. The second-order valence-electron chi connectivity index (χ2n) is 1.73. The van der Waals surface area contributed by atoms with E-state index in [9.17, 15) is 18.0 Å². The molecule has 2 amide bonds. The molecule has 0 spiro atoms. The highest BCUT2D eigenvalue weighted by Gasteiger charge is 2.44. The lowest BCUT2D eigenvalue weighted by Crippen LogP contribution is -2.50. The molecule has 0 unspecified atom stereocenters. The molecule has 1 aliphatic rings. The van der Waals surface area contributed by atoms with Gasteiger partial charge in [-0.2, -0.15) is 13.2 Å². The maximum atomic E-state index is 11.7. The molecule has 1 N–H and O–H groups in total. The van der Waals surface area contributed by atoms with Gasteiger partial charge in [0.1, 0.15) is 0 Å². The Labute approximate surface area is 59.5 Å². The Morgan fingerprint density at radius 2 is 2.18 bits per heavy atom. The van der Waals surface area contributed by atoms with Crippen LogP contribution in [0, 0.1) is 0 Å². The first-order valence-electron chi connectivity index (χ1n) is 2.61. The number of halogens is 3. The summed E-state index contributed by atoms with van der Waals surface area (Å²) in [4.78, 5) is 12.9. The molecule has 1 rings (SSSR count). The fourth-order valence-corrected chi connectivity index (χ4v) is 0.516. The summed E-state index contributed by atoms with van der Waals surface area (Å²) in [6, 6.07) is -1.10. The number of amides is 2. The van der Waals surface area contributed by atoms with Crippen LogP contribution in [0.2, 0.25) is 0 Å². The molecule has 1 aliphatic heterocycles. The number of nitrogens with one attached hydrogen (secondary N) is 1. The predicted molar refractivity (Wildman–Crippen MR) is 28.7 cm³/mol. The van der Waals surface area contributed by atoms with Crippen molar-refractivity contribution in [2.24, 2.45) is 0 Å². The Hall–Kier alpha value is -1.27. The zero-order chi connectivity index (χ0) is 8.48. The van der Waals surface area contributed by atoms with Gasteiger partial charge < -0.3 is 0 Å². The SMILES string of the molecule is O=C1[N]CNC(C(F)(F)F)=[N+]1. The zero-order valence-corrected chi connectivity index (χ0v) is 5.14. The third-order valence-corrected chi connectivity index (χ3v) is 0.937. The van der Waals surface area contributed by atoms with Crippen LogP contribution in [0.1, 0.15) is 0 Å². The Kier molecular flexibility index (Phi) is 1.71. The van der Waals surface area contributed by atoms with Gasteiger partial charge in [-0.25, -0.2) is 4.79 Å². The quantitative estimate of drug-likeness (QED) is 0.530. The molecule has 0 aromatic heterocycles. The van der Waals surface area contributed by atoms with E-state index in [1.165, 1.54) is 0 Å². The summed E-state index contributed by atoms with van der Waals surface area (Å²) in [5, 5.41) is 4.88. The molecule has 2 radical (unpaired) electrons. The summed E-state index contributed by atoms with van der Waals surface area (Å²) in [6.07, 6.45) is -4.59. The normalized spacial score (nSPS) is 18.5. The molecule has 0 saturated heterocycles. The third kappa shape index (κ3) is 1.82. The molecule has 0 aromatic rings. The first kappa shape index (κ1) is 7.83. The van der Waals surface area contributed by atoms with Crippen LogP contribution in [0.3, 0.4) is 0 Å². The van der Waals surface area contributed by atoms with Gasteiger partial charge in [0.05, 0.1) is 0 Å². The van der Waals surface area contributed by atoms with Gasteiger partial charge in [-0.05, 0) is 4.99 Å². The van der Waals surface area contributed by atoms with E-state index in [0.717, 1.165) is 0 Å².